The van der Waals surface area contributed by atoms with E-state index in [1.165, 1.54) is 18.3 Å². The first-order valence-electron chi connectivity index (χ1n) is 9.43. The number of aromatic amines is 1. The second-order valence-electron chi connectivity index (χ2n) is 6.56. The zero-order valence-corrected chi connectivity index (χ0v) is 18.0. The van der Waals surface area contributed by atoms with Crippen molar-refractivity contribution in [2.45, 2.75) is 0 Å². The fourth-order valence-electron chi connectivity index (χ4n) is 2.98. The van der Waals surface area contributed by atoms with Crippen molar-refractivity contribution in [3.8, 4) is 28.4 Å². The highest BCUT2D eigenvalue weighted by molar-refractivity contribution is 6.36. The van der Waals surface area contributed by atoms with Crippen LogP contribution in [0.5, 0.6) is 5.88 Å². The average molecular weight is 471 g/mol. The van der Waals surface area contributed by atoms with Crippen molar-refractivity contribution in [2.24, 2.45) is 0 Å². The number of anilines is 1. The van der Waals surface area contributed by atoms with Crippen molar-refractivity contribution in [1.82, 2.24) is 19.9 Å². The number of ether oxygens (including phenoxy) is 1. The van der Waals surface area contributed by atoms with Crippen LogP contribution in [-0.2, 0) is 0 Å². The Labute approximate surface area is 192 Å². The van der Waals surface area contributed by atoms with Gasteiger partial charge in [-0.3, -0.25) is 10.1 Å². The van der Waals surface area contributed by atoms with Gasteiger partial charge in [0.15, 0.2) is 0 Å². The molecule has 0 spiro atoms. The maximum atomic E-state index is 10.7. The standard InChI is InChI=1S/C21H16Cl2N6O3/c22-13-1-3-15(18(23)9-13)16-10-20(28-12-17(16)21-25-5-6-26-21)32-8-7-24-19-4-2-14(11-27-19)29(30)31/h1-6,9-12H,7-8H2,(H,24,27)(H,25,26). The topological polar surface area (TPSA) is 119 Å². The molecule has 0 bridgehead atoms. The number of hydrogen-bond donors (Lipinski definition) is 2. The maximum absolute atomic E-state index is 10.7. The van der Waals surface area contributed by atoms with Crippen LogP contribution < -0.4 is 10.1 Å². The summed E-state index contributed by atoms with van der Waals surface area (Å²) in [5, 5.41) is 14.8. The summed E-state index contributed by atoms with van der Waals surface area (Å²) < 4.78 is 5.78. The largest absolute Gasteiger partial charge is 0.476 e. The predicted molar refractivity (Wildman–Crippen MR) is 122 cm³/mol. The number of nitrogens with one attached hydrogen (secondary N) is 2. The van der Waals surface area contributed by atoms with Gasteiger partial charge in [-0.05, 0) is 18.2 Å². The Kier molecular flexibility index (Phi) is 6.48. The number of H-pyrrole nitrogens is 1. The van der Waals surface area contributed by atoms with Crippen LogP contribution in [0, 0.1) is 10.1 Å². The molecular formula is C21H16Cl2N6O3. The van der Waals surface area contributed by atoms with Gasteiger partial charge in [-0.1, -0.05) is 29.3 Å². The molecule has 0 saturated heterocycles. The fourth-order valence-corrected chi connectivity index (χ4v) is 3.49. The number of benzene rings is 1. The Morgan fingerprint density at radius 3 is 2.59 bits per heavy atom. The van der Waals surface area contributed by atoms with Crippen LogP contribution >= 0.6 is 23.2 Å². The minimum Gasteiger partial charge on any atom is -0.476 e. The number of aromatic nitrogens is 4. The van der Waals surface area contributed by atoms with Gasteiger partial charge in [0, 0.05) is 57.5 Å². The van der Waals surface area contributed by atoms with Crippen LogP contribution in [0.15, 0.2) is 61.2 Å². The third-order valence-electron chi connectivity index (χ3n) is 4.47. The lowest BCUT2D eigenvalue weighted by molar-refractivity contribution is -0.385. The van der Waals surface area contributed by atoms with E-state index < -0.39 is 4.92 Å². The number of imidazole rings is 1. The molecule has 2 N–H and O–H groups in total. The second-order valence-corrected chi connectivity index (χ2v) is 7.41. The fraction of sp³-hybridized carbons (Fsp3) is 0.0952. The smallest absolute Gasteiger partial charge is 0.287 e. The van der Waals surface area contributed by atoms with Gasteiger partial charge in [-0.15, -0.1) is 0 Å². The lowest BCUT2D eigenvalue weighted by Gasteiger charge is -2.13. The van der Waals surface area contributed by atoms with Crippen molar-refractivity contribution in [3.05, 3.63) is 81.3 Å². The zero-order valence-electron chi connectivity index (χ0n) is 16.5. The van der Waals surface area contributed by atoms with E-state index in [2.05, 4.69) is 25.3 Å². The van der Waals surface area contributed by atoms with Gasteiger partial charge >= 0.3 is 0 Å². The van der Waals surface area contributed by atoms with Crippen LogP contribution in [0.25, 0.3) is 22.5 Å². The number of halogens is 2. The minimum absolute atomic E-state index is 0.0685. The van der Waals surface area contributed by atoms with Gasteiger partial charge in [-0.2, -0.15) is 0 Å². The summed E-state index contributed by atoms with van der Waals surface area (Å²) in [6, 6.07) is 9.97. The second kappa shape index (κ2) is 9.63. The Hall–Kier alpha value is -3.69. The number of nitrogens with zero attached hydrogens (tertiary/aromatic N) is 4. The molecule has 0 atom stereocenters. The normalized spacial score (nSPS) is 10.7. The maximum Gasteiger partial charge on any atom is 0.287 e. The van der Waals surface area contributed by atoms with Gasteiger partial charge < -0.3 is 15.0 Å². The molecule has 4 rings (SSSR count). The lowest BCUT2D eigenvalue weighted by atomic mass is 10.0. The first-order valence-corrected chi connectivity index (χ1v) is 10.2. The summed E-state index contributed by atoms with van der Waals surface area (Å²) >= 11 is 12.5. The number of rotatable bonds is 8. The molecule has 0 aliphatic heterocycles. The van der Waals surface area contributed by atoms with Gasteiger partial charge in [0.25, 0.3) is 5.69 Å². The molecule has 32 heavy (non-hydrogen) atoms. The summed E-state index contributed by atoms with van der Waals surface area (Å²) in [7, 11) is 0. The highest BCUT2D eigenvalue weighted by atomic mass is 35.5. The molecule has 0 radical (unpaired) electrons. The van der Waals surface area contributed by atoms with E-state index in [9.17, 15) is 10.1 Å². The highest BCUT2D eigenvalue weighted by Gasteiger charge is 2.15. The summed E-state index contributed by atoms with van der Waals surface area (Å²) in [6.45, 7) is 0.711. The molecule has 1 aromatic carbocycles. The average Bonchev–Trinajstić information content (AvgIpc) is 3.32. The number of hydrogen-bond acceptors (Lipinski definition) is 7. The summed E-state index contributed by atoms with van der Waals surface area (Å²) in [6.07, 6.45) is 6.25. The quantitative estimate of drug-likeness (QED) is 0.205. The molecule has 0 saturated carbocycles. The van der Waals surface area contributed by atoms with Crippen LogP contribution in [0.1, 0.15) is 0 Å². The molecule has 0 unspecified atom stereocenters. The summed E-state index contributed by atoms with van der Waals surface area (Å²) in [4.78, 5) is 26.0. The molecule has 3 heterocycles. The summed E-state index contributed by atoms with van der Waals surface area (Å²) in [5.41, 5.74) is 2.25. The Morgan fingerprint density at radius 2 is 1.91 bits per heavy atom. The van der Waals surface area contributed by atoms with Crippen molar-refractivity contribution >= 4 is 34.7 Å². The van der Waals surface area contributed by atoms with E-state index in [-0.39, 0.29) is 5.69 Å². The first-order chi connectivity index (χ1) is 15.5. The Morgan fingerprint density at radius 1 is 1.03 bits per heavy atom. The molecule has 162 valence electrons. The van der Waals surface area contributed by atoms with Crippen LogP contribution in [0.2, 0.25) is 10.0 Å². The Bertz CT molecular complexity index is 1230. The van der Waals surface area contributed by atoms with Crippen LogP contribution in [0.4, 0.5) is 11.5 Å². The van der Waals surface area contributed by atoms with Crippen molar-refractivity contribution in [3.63, 3.8) is 0 Å². The molecule has 9 nitrogen and oxygen atoms in total. The third kappa shape index (κ3) is 4.96. The molecule has 0 fully saturated rings. The van der Waals surface area contributed by atoms with E-state index in [1.807, 2.05) is 6.07 Å². The molecule has 4 aromatic rings. The van der Waals surface area contributed by atoms with E-state index in [0.717, 1.165) is 16.7 Å². The van der Waals surface area contributed by atoms with Crippen LogP contribution in [0.3, 0.4) is 0 Å². The Balaban J connectivity index is 1.49. The van der Waals surface area contributed by atoms with Gasteiger partial charge in [0.05, 0.1) is 11.5 Å². The van der Waals surface area contributed by atoms with Crippen LogP contribution in [-0.4, -0.2) is 38.0 Å². The van der Waals surface area contributed by atoms with E-state index >= 15 is 0 Å². The number of pyridine rings is 2. The van der Waals surface area contributed by atoms with Gasteiger partial charge in [0.2, 0.25) is 5.88 Å². The molecule has 0 amide bonds. The molecule has 0 aliphatic carbocycles. The van der Waals surface area contributed by atoms with Crippen molar-refractivity contribution in [2.75, 3.05) is 18.5 Å². The van der Waals surface area contributed by atoms with E-state index in [0.29, 0.717) is 40.7 Å². The monoisotopic (exact) mass is 470 g/mol. The lowest BCUT2D eigenvalue weighted by Crippen LogP contribution is -2.13. The molecule has 0 aliphatic rings. The van der Waals surface area contributed by atoms with Gasteiger partial charge in [-0.25, -0.2) is 15.0 Å². The predicted octanol–water partition coefficient (Wildman–Crippen LogP) is 5.24. The molecule has 3 aromatic heterocycles. The first kappa shape index (κ1) is 21.5. The summed E-state index contributed by atoms with van der Waals surface area (Å²) in [5.74, 6) is 1.56. The molecule has 11 heteroatoms. The zero-order chi connectivity index (χ0) is 22.5. The van der Waals surface area contributed by atoms with Crippen molar-refractivity contribution < 1.29 is 9.66 Å². The third-order valence-corrected chi connectivity index (χ3v) is 5.02. The van der Waals surface area contributed by atoms with E-state index in [4.69, 9.17) is 27.9 Å². The van der Waals surface area contributed by atoms with E-state index in [1.54, 1.807) is 36.8 Å². The highest BCUT2D eigenvalue weighted by Crippen LogP contribution is 2.37. The molecular weight excluding hydrogens is 455 g/mol. The number of nitro groups is 1. The minimum atomic E-state index is -0.498. The SMILES string of the molecule is O=[N+]([O-])c1ccc(NCCOc2cc(-c3ccc(Cl)cc3Cl)c(-c3ncc[nH]3)cn2)nc1. The van der Waals surface area contributed by atoms with Gasteiger partial charge in [0.1, 0.15) is 24.4 Å². The van der Waals surface area contributed by atoms with Crippen molar-refractivity contribution in [1.29, 1.82) is 0 Å².